The van der Waals surface area contributed by atoms with Gasteiger partial charge in [-0.05, 0) is 48.7 Å². The summed E-state index contributed by atoms with van der Waals surface area (Å²) in [7, 11) is -3.66. The van der Waals surface area contributed by atoms with Gasteiger partial charge in [-0.2, -0.15) is 0 Å². The van der Waals surface area contributed by atoms with Crippen LogP contribution in [0.4, 0.5) is 5.69 Å². The molecule has 0 saturated carbocycles. The topological polar surface area (TPSA) is 46.2 Å². The Balaban J connectivity index is 2.06. The third-order valence-electron chi connectivity index (χ3n) is 3.67. The number of unbranched alkanes of at least 4 members (excludes halogenated alkanes) is 3. The highest BCUT2D eigenvalue weighted by atomic mass is 35.5. The summed E-state index contributed by atoms with van der Waals surface area (Å²) in [6, 6.07) is 11.6. The molecular formula is C18H21Cl2NO2S. The molecule has 0 radical (unpaired) electrons. The molecule has 2 aromatic carbocycles. The number of nitrogens with one attached hydrogen (secondary N) is 1. The predicted molar refractivity (Wildman–Crippen MR) is 102 cm³/mol. The molecule has 0 aliphatic rings. The van der Waals surface area contributed by atoms with Gasteiger partial charge in [-0.25, -0.2) is 8.42 Å². The SMILES string of the molecule is CCCCCCc1ccc(S(=O)(=O)Nc2cc(Cl)cc(Cl)c2)cc1. The molecule has 0 aliphatic carbocycles. The second-order valence-electron chi connectivity index (χ2n) is 5.72. The molecule has 0 unspecified atom stereocenters. The molecule has 0 aromatic heterocycles. The van der Waals surface area contributed by atoms with Gasteiger partial charge in [0.25, 0.3) is 10.0 Å². The Kier molecular flexibility index (Phi) is 6.96. The van der Waals surface area contributed by atoms with Crippen molar-refractivity contribution >= 4 is 38.9 Å². The Hall–Kier alpha value is -1.23. The number of benzene rings is 2. The number of anilines is 1. The van der Waals surface area contributed by atoms with Crippen LogP contribution in [0.25, 0.3) is 0 Å². The lowest BCUT2D eigenvalue weighted by Gasteiger charge is -2.10. The molecule has 0 atom stereocenters. The second kappa shape index (κ2) is 8.75. The molecule has 2 rings (SSSR count). The average Bonchev–Trinajstić information content (AvgIpc) is 2.50. The molecule has 0 heterocycles. The van der Waals surface area contributed by atoms with Gasteiger partial charge >= 0.3 is 0 Å². The maximum Gasteiger partial charge on any atom is 0.261 e. The maximum absolute atomic E-state index is 12.4. The first-order chi connectivity index (χ1) is 11.4. The van der Waals surface area contributed by atoms with E-state index in [2.05, 4.69) is 11.6 Å². The van der Waals surface area contributed by atoms with Gasteiger partial charge in [0.05, 0.1) is 10.6 Å². The molecule has 24 heavy (non-hydrogen) atoms. The quantitative estimate of drug-likeness (QED) is 0.573. The maximum atomic E-state index is 12.4. The normalized spacial score (nSPS) is 11.5. The largest absolute Gasteiger partial charge is 0.280 e. The van der Waals surface area contributed by atoms with E-state index in [1.54, 1.807) is 18.2 Å². The van der Waals surface area contributed by atoms with Crippen molar-refractivity contribution in [2.24, 2.45) is 0 Å². The van der Waals surface area contributed by atoms with Crippen LogP contribution >= 0.6 is 23.2 Å². The molecule has 0 bridgehead atoms. The van der Waals surface area contributed by atoms with E-state index in [1.807, 2.05) is 12.1 Å². The van der Waals surface area contributed by atoms with Crippen LogP contribution in [0.3, 0.4) is 0 Å². The zero-order valence-electron chi connectivity index (χ0n) is 13.6. The summed E-state index contributed by atoms with van der Waals surface area (Å²) in [5.41, 5.74) is 1.49. The summed E-state index contributed by atoms with van der Waals surface area (Å²) in [6.07, 6.45) is 5.74. The van der Waals surface area contributed by atoms with Gasteiger partial charge in [-0.15, -0.1) is 0 Å². The summed E-state index contributed by atoms with van der Waals surface area (Å²) in [5, 5.41) is 0.755. The summed E-state index contributed by atoms with van der Waals surface area (Å²) in [6.45, 7) is 2.18. The van der Waals surface area contributed by atoms with Crippen LogP contribution in [0.1, 0.15) is 38.2 Å². The highest BCUT2D eigenvalue weighted by Gasteiger charge is 2.14. The number of hydrogen-bond donors (Lipinski definition) is 1. The van der Waals surface area contributed by atoms with Crippen LogP contribution in [0.5, 0.6) is 0 Å². The molecule has 2 aromatic rings. The average molecular weight is 386 g/mol. The minimum Gasteiger partial charge on any atom is -0.280 e. The van der Waals surface area contributed by atoms with Gasteiger partial charge in [0.2, 0.25) is 0 Å². The zero-order valence-corrected chi connectivity index (χ0v) is 15.9. The lowest BCUT2D eigenvalue weighted by Crippen LogP contribution is -2.13. The Bertz CT molecular complexity index is 754. The van der Waals surface area contributed by atoms with Crippen LogP contribution in [-0.4, -0.2) is 8.42 Å². The molecule has 0 fully saturated rings. The Morgan fingerprint density at radius 2 is 1.54 bits per heavy atom. The van der Waals surface area contributed by atoms with Crippen molar-refractivity contribution in [2.45, 2.75) is 43.9 Å². The van der Waals surface area contributed by atoms with Crippen molar-refractivity contribution in [1.82, 2.24) is 0 Å². The van der Waals surface area contributed by atoms with Gasteiger partial charge in [-0.3, -0.25) is 4.72 Å². The Morgan fingerprint density at radius 3 is 2.12 bits per heavy atom. The van der Waals surface area contributed by atoms with Crippen LogP contribution in [0.15, 0.2) is 47.4 Å². The number of aryl methyl sites for hydroxylation is 1. The van der Waals surface area contributed by atoms with Crippen LogP contribution in [0.2, 0.25) is 10.0 Å². The Morgan fingerprint density at radius 1 is 0.917 bits per heavy atom. The van der Waals surface area contributed by atoms with E-state index in [0.717, 1.165) is 18.4 Å². The fraction of sp³-hybridized carbons (Fsp3) is 0.333. The number of sulfonamides is 1. The van der Waals surface area contributed by atoms with Crippen molar-refractivity contribution in [3.05, 3.63) is 58.1 Å². The molecule has 130 valence electrons. The van der Waals surface area contributed by atoms with E-state index in [0.29, 0.717) is 15.7 Å². The van der Waals surface area contributed by atoms with Gasteiger partial charge in [0.1, 0.15) is 0 Å². The fourth-order valence-corrected chi connectivity index (χ4v) is 3.98. The van der Waals surface area contributed by atoms with E-state index >= 15 is 0 Å². The van der Waals surface area contributed by atoms with Crippen molar-refractivity contribution < 1.29 is 8.42 Å². The van der Waals surface area contributed by atoms with Gasteiger partial charge in [0.15, 0.2) is 0 Å². The molecule has 0 aliphatic heterocycles. The fourth-order valence-electron chi connectivity index (χ4n) is 2.42. The second-order valence-corrected chi connectivity index (χ2v) is 8.27. The van der Waals surface area contributed by atoms with E-state index in [-0.39, 0.29) is 4.90 Å². The minimum absolute atomic E-state index is 0.218. The standard InChI is InChI=1S/C18H21Cl2NO2S/c1-2-3-4-5-6-14-7-9-18(10-8-14)24(22,23)21-17-12-15(19)11-16(20)13-17/h7-13,21H,2-6H2,1H3. The monoisotopic (exact) mass is 385 g/mol. The zero-order chi connectivity index (χ0) is 17.6. The van der Waals surface area contributed by atoms with E-state index < -0.39 is 10.0 Å². The molecular weight excluding hydrogens is 365 g/mol. The number of hydrogen-bond acceptors (Lipinski definition) is 2. The van der Waals surface area contributed by atoms with Crippen molar-refractivity contribution in [1.29, 1.82) is 0 Å². The first kappa shape index (κ1) is 19.1. The van der Waals surface area contributed by atoms with Crippen LogP contribution in [-0.2, 0) is 16.4 Å². The summed E-state index contributed by atoms with van der Waals surface area (Å²) < 4.78 is 27.4. The smallest absolute Gasteiger partial charge is 0.261 e. The lowest BCUT2D eigenvalue weighted by atomic mass is 10.1. The van der Waals surface area contributed by atoms with Crippen molar-refractivity contribution in [3.8, 4) is 0 Å². The van der Waals surface area contributed by atoms with Crippen LogP contribution < -0.4 is 4.72 Å². The predicted octanol–water partition coefficient (Wildman–Crippen LogP) is 5.92. The van der Waals surface area contributed by atoms with E-state index in [1.165, 1.54) is 31.4 Å². The molecule has 1 N–H and O–H groups in total. The van der Waals surface area contributed by atoms with Crippen molar-refractivity contribution in [3.63, 3.8) is 0 Å². The number of halogens is 2. The highest BCUT2D eigenvalue weighted by Crippen LogP contribution is 2.25. The lowest BCUT2D eigenvalue weighted by molar-refractivity contribution is 0.601. The third-order valence-corrected chi connectivity index (χ3v) is 5.50. The minimum atomic E-state index is -3.66. The number of rotatable bonds is 8. The van der Waals surface area contributed by atoms with Crippen LogP contribution in [0, 0.1) is 0 Å². The first-order valence-electron chi connectivity index (χ1n) is 7.98. The molecule has 3 nitrogen and oxygen atoms in total. The Labute approximate surface area is 154 Å². The van der Waals surface area contributed by atoms with Gasteiger partial charge in [0, 0.05) is 10.0 Å². The highest BCUT2D eigenvalue weighted by molar-refractivity contribution is 7.92. The summed E-state index contributed by atoms with van der Waals surface area (Å²) >= 11 is 11.8. The van der Waals surface area contributed by atoms with E-state index in [9.17, 15) is 8.42 Å². The summed E-state index contributed by atoms with van der Waals surface area (Å²) in [4.78, 5) is 0.218. The molecule has 0 saturated heterocycles. The first-order valence-corrected chi connectivity index (χ1v) is 10.2. The molecule has 0 spiro atoms. The van der Waals surface area contributed by atoms with Gasteiger partial charge in [-0.1, -0.05) is 61.5 Å². The van der Waals surface area contributed by atoms with Crippen molar-refractivity contribution in [2.75, 3.05) is 4.72 Å². The summed E-state index contributed by atoms with van der Waals surface area (Å²) in [5.74, 6) is 0. The molecule has 0 amide bonds. The third kappa shape index (κ3) is 5.69. The van der Waals surface area contributed by atoms with Gasteiger partial charge < -0.3 is 0 Å². The van der Waals surface area contributed by atoms with E-state index in [4.69, 9.17) is 23.2 Å². The molecule has 6 heteroatoms.